The first-order valence-corrected chi connectivity index (χ1v) is 11.3. The molecule has 0 atom stereocenters. The molecule has 9 heteroatoms. The number of carbonyl (C=O) groups excluding carboxylic acids is 1. The van der Waals surface area contributed by atoms with E-state index in [0.717, 1.165) is 36.5 Å². The molecule has 0 heterocycles. The molecule has 0 radical (unpaired) electrons. The molecule has 34 heavy (non-hydrogen) atoms. The van der Waals surface area contributed by atoms with Gasteiger partial charge in [0.25, 0.3) is 0 Å². The number of hydrogen-bond donors (Lipinski definition) is 3. The fourth-order valence-corrected chi connectivity index (χ4v) is 3.48. The van der Waals surface area contributed by atoms with Crippen molar-refractivity contribution in [2.75, 3.05) is 41.8 Å². The number of nitrogens with one attached hydrogen (secondary N) is 2. The Kier molecular flexibility index (Phi) is 10.2. The number of amides is 2. The molecule has 2 rings (SSSR count). The van der Waals surface area contributed by atoms with E-state index in [4.69, 9.17) is 9.84 Å². The van der Waals surface area contributed by atoms with Gasteiger partial charge in [-0.1, -0.05) is 33.8 Å². The van der Waals surface area contributed by atoms with Crippen LogP contribution >= 0.6 is 0 Å². The standard InChI is InChI=1S/C25H33F2N3O4/c1-16(2)13-30(14-17(3)4)23-8-5-18(9-10-34-15-24(31)32)11-22(23)29-25(33)28-21-7-6-19(26)12-20(21)27/h5-8,11-12,16-17H,9-10,13-15H2,1-4H3,(H,31,32)(H2,28,29,33). The molecule has 2 aromatic rings. The van der Waals surface area contributed by atoms with Crippen molar-refractivity contribution < 1.29 is 28.2 Å². The number of carbonyl (C=O) groups is 2. The molecule has 0 aliphatic heterocycles. The first kappa shape index (κ1) is 27.0. The molecular formula is C25H33F2N3O4. The maximum absolute atomic E-state index is 14.0. The monoisotopic (exact) mass is 477 g/mol. The van der Waals surface area contributed by atoms with E-state index in [1.165, 1.54) is 0 Å². The highest BCUT2D eigenvalue weighted by Crippen LogP contribution is 2.30. The van der Waals surface area contributed by atoms with Crippen LogP contribution in [-0.4, -0.2) is 43.4 Å². The van der Waals surface area contributed by atoms with E-state index in [9.17, 15) is 18.4 Å². The number of hydrogen-bond acceptors (Lipinski definition) is 4. The van der Waals surface area contributed by atoms with E-state index in [2.05, 4.69) is 43.2 Å². The third-order valence-electron chi connectivity index (χ3n) is 4.76. The molecule has 0 saturated carbocycles. The Hall–Kier alpha value is -3.20. The summed E-state index contributed by atoms with van der Waals surface area (Å²) in [5, 5.41) is 13.9. The quantitative estimate of drug-likeness (QED) is 0.358. The summed E-state index contributed by atoms with van der Waals surface area (Å²) in [5.74, 6) is -1.90. The van der Waals surface area contributed by atoms with Crippen LogP contribution < -0.4 is 15.5 Å². The Morgan fingerprint density at radius 1 is 0.971 bits per heavy atom. The van der Waals surface area contributed by atoms with Gasteiger partial charge in [-0.05, 0) is 48.1 Å². The first-order valence-electron chi connectivity index (χ1n) is 11.3. The highest BCUT2D eigenvalue weighted by molar-refractivity contribution is 6.02. The van der Waals surface area contributed by atoms with Crippen LogP contribution in [0, 0.1) is 23.5 Å². The lowest BCUT2D eigenvalue weighted by molar-refractivity contribution is -0.142. The van der Waals surface area contributed by atoms with Crippen LogP contribution in [0.25, 0.3) is 0 Å². The second-order valence-electron chi connectivity index (χ2n) is 8.94. The van der Waals surface area contributed by atoms with Gasteiger partial charge in [-0.15, -0.1) is 0 Å². The minimum atomic E-state index is -1.04. The number of carboxylic acid groups (broad SMARTS) is 1. The van der Waals surface area contributed by atoms with Crippen LogP contribution in [0.4, 0.5) is 30.6 Å². The lowest BCUT2D eigenvalue weighted by atomic mass is 10.1. The molecule has 186 valence electrons. The van der Waals surface area contributed by atoms with Gasteiger partial charge in [0.1, 0.15) is 18.2 Å². The Labute approximate surface area is 199 Å². The summed E-state index contributed by atoms with van der Waals surface area (Å²) in [6, 6.07) is 7.88. The van der Waals surface area contributed by atoms with Crippen LogP contribution in [0.1, 0.15) is 33.3 Å². The number of rotatable bonds is 12. The van der Waals surface area contributed by atoms with E-state index in [1.807, 2.05) is 12.1 Å². The van der Waals surface area contributed by atoms with Crippen molar-refractivity contribution in [2.24, 2.45) is 11.8 Å². The molecule has 7 nitrogen and oxygen atoms in total. The number of aliphatic carboxylic acids is 1. The van der Waals surface area contributed by atoms with Gasteiger partial charge < -0.3 is 25.4 Å². The van der Waals surface area contributed by atoms with Gasteiger partial charge in [0, 0.05) is 19.2 Å². The van der Waals surface area contributed by atoms with Crippen molar-refractivity contribution >= 4 is 29.1 Å². The lowest BCUT2D eigenvalue weighted by Gasteiger charge is -2.30. The molecule has 2 amide bonds. The number of nitrogens with zero attached hydrogens (tertiary/aromatic N) is 1. The highest BCUT2D eigenvalue weighted by Gasteiger charge is 2.17. The molecule has 0 aliphatic carbocycles. The number of ether oxygens (including phenoxy) is 1. The second kappa shape index (κ2) is 12.9. The summed E-state index contributed by atoms with van der Waals surface area (Å²) >= 11 is 0. The predicted octanol–water partition coefficient (Wildman–Crippen LogP) is 5.37. The van der Waals surface area contributed by atoms with Gasteiger partial charge >= 0.3 is 12.0 Å². The number of carboxylic acids is 1. The number of urea groups is 1. The Morgan fingerprint density at radius 2 is 1.62 bits per heavy atom. The minimum Gasteiger partial charge on any atom is -0.480 e. The average molecular weight is 478 g/mol. The molecule has 0 unspecified atom stereocenters. The molecule has 0 fully saturated rings. The summed E-state index contributed by atoms with van der Waals surface area (Å²) in [5.41, 5.74) is 2.04. The van der Waals surface area contributed by atoms with Crippen LogP contribution in [0.2, 0.25) is 0 Å². The maximum Gasteiger partial charge on any atom is 0.329 e. The van der Waals surface area contributed by atoms with Crippen molar-refractivity contribution in [3.05, 3.63) is 53.6 Å². The summed E-state index contributed by atoms with van der Waals surface area (Å²) in [4.78, 5) is 25.5. The second-order valence-corrected chi connectivity index (χ2v) is 8.94. The molecular weight excluding hydrogens is 444 g/mol. The zero-order valence-corrected chi connectivity index (χ0v) is 20.0. The van der Waals surface area contributed by atoms with E-state index in [0.29, 0.717) is 30.0 Å². The van der Waals surface area contributed by atoms with Crippen LogP contribution in [0.15, 0.2) is 36.4 Å². The molecule has 0 saturated heterocycles. The zero-order chi connectivity index (χ0) is 25.3. The summed E-state index contributed by atoms with van der Waals surface area (Å²) in [6.07, 6.45) is 0.449. The number of anilines is 3. The number of benzene rings is 2. The largest absolute Gasteiger partial charge is 0.480 e. The third-order valence-corrected chi connectivity index (χ3v) is 4.76. The van der Waals surface area contributed by atoms with Crippen LogP contribution in [-0.2, 0) is 16.0 Å². The normalized spacial score (nSPS) is 11.1. The zero-order valence-electron chi connectivity index (χ0n) is 20.0. The molecule has 2 aromatic carbocycles. The van der Waals surface area contributed by atoms with E-state index in [-0.39, 0.29) is 18.9 Å². The SMILES string of the molecule is CC(C)CN(CC(C)C)c1ccc(CCOCC(=O)O)cc1NC(=O)Nc1ccc(F)cc1F. The lowest BCUT2D eigenvalue weighted by Crippen LogP contribution is -2.32. The highest BCUT2D eigenvalue weighted by atomic mass is 19.1. The smallest absolute Gasteiger partial charge is 0.329 e. The molecule has 0 aromatic heterocycles. The van der Waals surface area contributed by atoms with E-state index in [1.54, 1.807) is 6.07 Å². The fraction of sp³-hybridized carbons (Fsp3) is 0.440. The third kappa shape index (κ3) is 8.97. The molecule has 0 aliphatic rings. The Bertz CT molecular complexity index is 973. The van der Waals surface area contributed by atoms with Crippen molar-refractivity contribution in [1.29, 1.82) is 0 Å². The topological polar surface area (TPSA) is 90.9 Å². The molecule has 0 spiro atoms. The van der Waals surface area contributed by atoms with E-state index >= 15 is 0 Å². The maximum atomic E-state index is 14.0. The van der Waals surface area contributed by atoms with Crippen LogP contribution in [0.5, 0.6) is 0 Å². The van der Waals surface area contributed by atoms with Gasteiger partial charge in [0.15, 0.2) is 0 Å². The average Bonchev–Trinajstić information content (AvgIpc) is 2.72. The molecule has 0 bridgehead atoms. The summed E-state index contributed by atoms with van der Waals surface area (Å²) in [6.45, 7) is 9.80. The van der Waals surface area contributed by atoms with Gasteiger partial charge in [0.2, 0.25) is 0 Å². The van der Waals surface area contributed by atoms with E-state index < -0.39 is 23.6 Å². The van der Waals surface area contributed by atoms with Gasteiger partial charge in [-0.3, -0.25) is 0 Å². The number of halogens is 2. The van der Waals surface area contributed by atoms with Crippen molar-refractivity contribution in [3.8, 4) is 0 Å². The Balaban J connectivity index is 2.29. The minimum absolute atomic E-state index is 0.139. The summed E-state index contributed by atoms with van der Waals surface area (Å²) < 4.78 is 32.3. The fourth-order valence-electron chi connectivity index (χ4n) is 3.48. The van der Waals surface area contributed by atoms with Gasteiger partial charge in [-0.2, -0.15) is 0 Å². The summed E-state index contributed by atoms with van der Waals surface area (Å²) in [7, 11) is 0. The van der Waals surface area contributed by atoms with Crippen molar-refractivity contribution in [2.45, 2.75) is 34.1 Å². The Morgan fingerprint density at radius 3 is 2.21 bits per heavy atom. The van der Waals surface area contributed by atoms with Crippen molar-refractivity contribution in [1.82, 2.24) is 0 Å². The van der Waals surface area contributed by atoms with Gasteiger partial charge in [-0.25, -0.2) is 18.4 Å². The first-order chi connectivity index (χ1) is 16.0. The van der Waals surface area contributed by atoms with Gasteiger partial charge in [0.05, 0.1) is 23.7 Å². The predicted molar refractivity (Wildman–Crippen MR) is 129 cm³/mol. The van der Waals surface area contributed by atoms with Crippen LogP contribution in [0.3, 0.4) is 0 Å². The van der Waals surface area contributed by atoms with Crippen molar-refractivity contribution in [3.63, 3.8) is 0 Å². The molecule has 3 N–H and O–H groups in total.